The summed E-state index contributed by atoms with van der Waals surface area (Å²) in [4.78, 5) is 24.4. The number of carbonyl (C=O) groups is 2. The van der Waals surface area contributed by atoms with E-state index in [9.17, 15) is 19.8 Å². The molecular weight excluding hydrogens is 391 g/mol. The van der Waals surface area contributed by atoms with E-state index in [-0.39, 0.29) is 18.1 Å². The molecule has 0 amide bonds. The van der Waals surface area contributed by atoms with Gasteiger partial charge in [0.25, 0.3) is 0 Å². The van der Waals surface area contributed by atoms with Crippen molar-refractivity contribution in [3.63, 3.8) is 0 Å². The van der Waals surface area contributed by atoms with Crippen LogP contribution in [0.5, 0.6) is 0 Å². The number of halogens is 1. The number of carbonyl (C=O) groups excluding carboxylic acids is 2. The van der Waals surface area contributed by atoms with E-state index < -0.39 is 52.0 Å². The van der Waals surface area contributed by atoms with Gasteiger partial charge in [0.15, 0.2) is 17.2 Å². The first kappa shape index (κ1) is 20.3. The van der Waals surface area contributed by atoms with Gasteiger partial charge in [0.2, 0.25) is 0 Å². The fourth-order valence-electron chi connectivity index (χ4n) is 7.66. The zero-order valence-corrected chi connectivity index (χ0v) is 17.7. The summed E-state index contributed by atoms with van der Waals surface area (Å²) in [5.74, 6) is -3.60. The van der Waals surface area contributed by atoms with E-state index in [1.54, 1.807) is 33.8 Å². The van der Waals surface area contributed by atoms with E-state index >= 15 is 4.39 Å². The van der Waals surface area contributed by atoms with Crippen LogP contribution in [0.15, 0.2) is 23.8 Å². The summed E-state index contributed by atoms with van der Waals surface area (Å²) < 4.78 is 29.0. The minimum Gasteiger partial charge on any atom is -0.547 e. The first-order valence-corrected chi connectivity index (χ1v) is 10.7. The van der Waals surface area contributed by atoms with Crippen molar-refractivity contribution in [1.29, 1.82) is 0 Å². The number of ketones is 1. The molecule has 4 fully saturated rings. The number of fused-ring (bicyclic) bond motifs is 7. The molecule has 5 aliphatic rings. The summed E-state index contributed by atoms with van der Waals surface area (Å²) in [7, 11) is 0. The molecule has 5 rings (SSSR count). The van der Waals surface area contributed by atoms with E-state index in [4.69, 9.17) is 9.47 Å². The summed E-state index contributed by atoms with van der Waals surface area (Å²) in [6.45, 7) is 6.83. The zero-order valence-electron chi connectivity index (χ0n) is 17.7. The Kier molecular flexibility index (Phi) is 3.81. The molecule has 0 radical (unpaired) electrons. The molecule has 30 heavy (non-hydrogen) atoms. The van der Waals surface area contributed by atoms with E-state index in [1.807, 2.05) is 0 Å². The number of rotatable bonds is 1. The number of hydrogen-bond donors (Lipinski definition) is 1. The lowest BCUT2D eigenvalue weighted by Crippen LogP contribution is -2.71. The molecule has 0 spiro atoms. The Morgan fingerprint density at radius 3 is 2.63 bits per heavy atom. The normalized spacial score (nSPS) is 53.4. The molecule has 8 atom stereocenters. The zero-order chi connectivity index (χ0) is 21.9. The van der Waals surface area contributed by atoms with Crippen LogP contribution < -0.4 is 5.11 Å². The third-order valence-electron chi connectivity index (χ3n) is 8.94. The molecule has 1 N–H and O–H groups in total. The third-order valence-corrected chi connectivity index (χ3v) is 8.94. The minimum atomic E-state index is -2.01. The van der Waals surface area contributed by atoms with Gasteiger partial charge in [-0.2, -0.15) is 0 Å². The summed E-state index contributed by atoms with van der Waals surface area (Å²) in [5, 5.41) is 23.7. The minimum absolute atomic E-state index is 0.0841. The lowest BCUT2D eigenvalue weighted by atomic mass is 9.45. The van der Waals surface area contributed by atoms with Crippen LogP contribution >= 0.6 is 0 Å². The summed E-state index contributed by atoms with van der Waals surface area (Å²) in [5.41, 5.74) is -5.22. The second-order valence-electron chi connectivity index (χ2n) is 10.6. The molecule has 0 aromatic carbocycles. The Morgan fingerprint density at radius 2 is 1.97 bits per heavy atom. The Bertz CT molecular complexity index is 909. The van der Waals surface area contributed by atoms with Gasteiger partial charge in [-0.15, -0.1) is 0 Å². The fraction of sp³-hybridized carbons (Fsp3) is 0.739. The standard InChI is InChI=1S/C23H29FO6/c1-19(2)29-17-10-15-14-6-5-12-9-13(25)7-8-20(12,3)22(14,24)16(26)11-21(15,4)23(17,30-19)18(27)28/h7-9,14-17,26H,5-6,10-11H2,1-4H3,(H,27,28)/p-1/t14-,15-,16+,17+,20-,21-,22-,23-/m0/s1. The number of aliphatic hydroxyl groups is 1. The number of aliphatic hydroxyl groups excluding tert-OH is 1. The van der Waals surface area contributed by atoms with Crippen LogP contribution in [0.1, 0.15) is 53.4 Å². The van der Waals surface area contributed by atoms with Crippen molar-refractivity contribution in [3.05, 3.63) is 23.8 Å². The predicted octanol–water partition coefficient (Wildman–Crippen LogP) is 1.61. The lowest BCUT2D eigenvalue weighted by Gasteiger charge is -2.63. The lowest BCUT2D eigenvalue weighted by molar-refractivity contribution is -0.342. The Labute approximate surface area is 175 Å². The summed E-state index contributed by atoms with van der Waals surface area (Å²) in [6.07, 6.45) is 3.45. The Balaban J connectivity index is 1.64. The van der Waals surface area contributed by atoms with Gasteiger partial charge in [-0.05, 0) is 64.5 Å². The van der Waals surface area contributed by atoms with Crippen molar-refractivity contribution in [2.45, 2.75) is 82.6 Å². The van der Waals surface area contributed by atoms with Gasteiger partial charge < -0.3 is 24.5 Å². The van der Waals surface area contributed by atoms with E-state index in [2.05, 4.69) is 0 Å². The van der Waals surface area contributed by atoms with E-state index in [0.29, 0.717) is 24.8 Å². The van der Waals surface area contributed by atoms with Gasteiger partial charge in [-0.1, -0.05) is 18.6 Å². The molecule has 0 bridgehead atoms. The highest BCUT2D eigenvalue weighted by Crippen LogP contribution is 2.72. The third kappa shape index (κ3) is 2.04. The number of aliphatic carboxylic acids is 1. The van der Waals surface area contributed by atoms with Gasteiger partial charge in [0.05, 0.1) is 18.2 Å². The SMILES string of the molecule is CC1(C)O[C@@H]2C[C@H]3[C@@H]4CCC5=CC(=O)C=C[C@]5(C)[C@@]4(F)[C@H](O)C[C@]3(C)[C@]2(C(=O)[O-])O1. The maximum absolute atomic E-state index is 17.0. The highest BCUT2D eigenvalue weighted by molar-refractivity contribution is 6.01. The van der Waals surface area contributed by atoms with Crippen molar-refractivity contribution in [2.24, 2.45) is 22.7 Å². The highest BCUT2D eigenvalue weighted by Gasteiger charge is 2.78. The highest BCUT2D eigenvalue weighted by atomic mass is 19.1. The predicted molar refractivity (Wildman–Crippen MR) is 102 cm³/mol. The van der Waals surface area contributed by atoms with Crippen LogP contribution in [-0.2, 0) is 19.1 Å². The Morgan fingerprint density at radius 1 is 1.27 bits per heavy atom. The van der Waals surface area contributed by atoms with Crippen molar-refractivity contribution in [3.8, 4) is 0 Å². The van der Waals surface area contributed by atoms with Gasteiger partial charge in [0.1, 0.15) is 5.60 Å². The van der Waals surface area contributed by atoms with E-state index in [0.717, 1.165) is 0 Å². The molecule has 0 aromatic heterocycles. The molecule has 7 heteroatoms. The van der Waals surface area contributed by atoms with Gasteiger partial charge in [-0.25, -0.2) is 4.39 Å². The largest absolute Gasteiger partial charge is 0.547 e. The number of hydrogen-bond acceptors (Lipinski definition) is 6. The fourth-order valence-corrected chi connectivity index (χ4v) is 7.66. The molecule has 0 aromatic rings. The van der Waals surface area contributed by atoms with Crippen molar-refractivity contribution >= 4 is 11.8 Å². The summed E-state index contributed by atoms with van der Waals surface area (Å²) >= 11 is 0. The number of alkyl halides is 1. The quantitative estimate of drug-likeness (QED) is 0.694. The molecule has 3 saturated carbocycles. The first-order chi connectivity index (χ1) is 13.8. The topological polar surface area (TPSA) is 95.9 Å². The molecule has 1 heterocycles. The number of ether oxygens (including phenoxy) is 2. The van der Waals surface area contributed by atoms with Crippen molar-refractivity contribution in [1.82, 2.24) is 0 Å². The van der Waals surface area contributed by atoms with Crippen LogP contribution in [0, 0.1) is 22.7 Å². The molecular formula is C23H28FO6-. The Hall–Kier alpha value is -1.57. The molecule has 1 aliphatic heterocycles. The van der Waals surface area contributed by atoms with E-state index in [1.165, 1.54) is 12.2 Å². The summed E-state index contributed by atoms with van der Waals surface area (Å²) in [6, 6.07) is 0. The molecule has 1 saturated heterocycles. The monoisotopic (exact) mass is 419 g/mol. The maximum atomic E-state index is 17.0. The average molecular weight is 419 g/mol. The van der Waals surface area contributed by atoms with Crippen LogP contribution in [0.25, 0.3) is 0 Å². The number of carboxylic acid groups (broad SMARTS) is 1. The maximum Gasteiger partial charge on any atom is 0.178 e. The first-order valence-electron chi connectivity index (χ1n) is 10.7. The van der Waals surface area contributed by atoms with Crippen LogP contribution in [0.2, 0.25) is 0 Å². The molecule has 164 valence electrons. The van der Waals surface area contributed by atoms with Crippen LogP contribution in [-0.4, -0.2) is 46.1 Å². The number of carboxylic acids is 1. The van der Waals surface area contributed by atoms with Gasteiger partial charge in [-0.3, -0.25) is 4.79 Å². The molecule has 4 aliphatic carbocycles. The van der Waals surface area contributed by atoms with Crippen molar-refractivity contribution < 1.29 is 33.7 Å². The van der Waals surface area contributed by atoms with Crippen LogP contribution in [0.3, 0.4) is 0 Å². The number of allylic oxidation sites excluding steroid dienone is 4. The van der Waals surface area contributed by atoms with Gasteiger partial charge in [0, 0.05) is 16.7 Å². The second kappa shape index (κ2) is 5.61. The van der Waals surface area contributed by atoms with Crippen molar-refractivity contribution in [2.75, 3.05) is 0 Å². The average Bonchev–Trinajstić information content (AvgIpc) is 3.04. The van der Waals surface area contributed by atoms with Crippen LogP contribution in [0.4, 0.5) is 4.39 Å². The molecule has 0 unspecified atom stereocenters. The smallest absolute Gasteiger partial charge is 0.178 e. The second-order valence-corrected chi connectivity index (χ2v) is 10.6. The molecule has 6 nitrogen and oxygen atoms in total. The van der Waals surface area contributed by atoms with Gasteiger partial charge >= 0.3 is 0 Å².